The summed E-state index contributed by atoms with van der Waals surface area (Å²) < 4.78 is 0. The molecule has 2 rings (SSSR count). The average Bonchev–Trinajstić information content (AvgIpc) is 2.46. The molecule has 3 nitrogen and oxygen atoms in total. The molecule has 0 aliphatic rings. The second-order valence-corrected chi connectivity index (χ2v) is 5.38. The summed E-state index contributed by atoms with van der Waals surface area (Å²) in [6.45, 7) is 5.17. The maximum Gasteiger partial charge on any atom is 0.115 e. The van der Waals surface area contributed by atoms with Crippen LogP contribution < -0.4 is 5.32 Å². The van der Waals surface area contributed by atoms with Crippen LogP contribution in [0.3, 0.4) is 0 Å². The lowest BCUT2D eigenvalue weighted by atomic mass is 10.00. The number of benzene rings is 1. The summed E-state index contributed by atoms with van der Waals surface area (Å²) >= 11 is 6.34. The molecule has 0 radical (unpaired) electrons. The van der Waals surface area contributed by atoms with E-state index in [1.54, 1.807) is 6.33 Å². The summed E-state index contributed by atoms with van der Waals surface area (Å²) in [6, 6.07) is 6.40. The summed E-state index contributed by atoms with van der Waals surface area (Å²) in [4.78, 5) is 8.22. The lowest BCUT2D eigenvalue weighted by Gasteiger charge is -2.19. The molecule has 0 saturated carbocycles. The first kappa shape index (κ1) is 14.9. The average molecular weight is 290 g/mol. The topological polar surface area (TPSA) is 37.8 Å². The molecule has 106 valence electrons. The van der Waals surface area contributed by atoms with E-state index in [9.17, 15) is 0 Å². The highest BCUT2D eigenvalue weighted by Gasteiger charge is 2.14. The molecule has 0 bridgehead atoms. The lowest BCUT2D eigenvalue weighted by Crippen LogP contribution is -2.24. The van der Waals surface area contributed by atoms with Gasteiger partial charge in [0.05, 0.1) is 0 Å². The van der Waals surface area contributed by atoms with Crippen molar-refractivity contribution in [3.05, 3.63) is 58.6 Å². The highest BCUT2D eigenvalue weighted by molar-refractivity contribution is 6.31. The molecular formula is C16H20ClN3. The summed E-state index contributed by atoms with van der Waals surface area (Å²) in [5.74, 6) is 0. The van der Waals surface area contributed by atoms with Gasteiger partial charge in [-0.05, 0) is 43.5 Å². The van der Waals surface area contributed by atoms with Crippen molar-refractivity contribution in [3.8, 4) is 0 Å². The zero-order chi connectivity index (χ0) is 14.4. The van der Waals surface area contributed by atoms with Crippen LogP contribution >= 0.6 is 11.6 Å². The van der Waals surface area contributed by atoms with Gasteiger partial charge < -0.3 is 5.32 Å². The van der Waals surface area contributed by atoms with Crippen LogP contribution in [-0.2, 0) is 6.42 Å². The van der Waals surface area contributed by atoms with Crippen LogP contribution in [0.5, 0.6) is 0 Å². The van der Waals surface area contributed by atoms with Crippen molar-refractivity contribution in [3.63, 3.8) is 0 Å². The maximum atomic E-state index is 6.34. The fraction of sp³-hybridized carbons (Fsp3) is 0.375. The van der Waals surface area contributed by atoms with Crippen LogP contribution in [0.1, 0.15) is 36.1 Å². The van der Waals surface area contributed by atoms with Crippen LogP contribution in [0.4, 0.5) is 0 Å². The molecule has 0 aliphatic carbocycles. The minimum absolute atomic E-state index is 0.191. The minimum atomic E-state index is 0.191. The molecule has 4 heteroatoms. The largest absolute Gasteiger partial charge is 0.310 e. The number of aryl methyl sites for hydroxylation is 1. The molecule has 0 amide bonds. The minimum Gasteiger partial charge on any atom is -0.310 e. The van der Waals surface area contributed by atoms with Crippen LogP contribution in [0.15, 0.2) is 36.9 Å². The Morgan fingerprint density at radius 2 is 2.00 bits per heavy atom. The number of hydrogen-bond donors (Lipinski definition) is 1. The van der Waals surface area contributed by atoms with Crippen molar-refractivity contribution >= 4 is 11.6 Å². The third-order valence-electron chi connectivity index (χ3n) is 3.26. The molecule has 0 spiro atoms. The van der Waals surface area contributed by atoms with Crippen LogP contribution in [0.2, 0.25) is 5.02 Å². The third kappa shape index (κ3) is 4.02. The monoisotopic (exact) mass is 289 g/mol. The SMILES string of the molecule is CCCNC(Cc1ccc(C)cc1Cl)c1cncnc1. The second kappa shape index (κ2) is 7.36. The number of hydrogen-bond acceptors (Lipinski definition) is 3. The molecule has 1 aromatic heterocycles. The van der Waals surface area contributed by atoms with Crippen LogP contribution in [0, 0.1) is 6.92 Å². The zero-order valence-electron chi connectivity index (χ0n) is 11.9. The fourth-order valence-corrected chi connectivity index (χ4v) is 2.47. The first-order valence-corrected chi connectivity index (χ1v) is 7.31. The van der Waals surface area contributed by atoms with E-state index >= 15 is 0 Å². The standard InChI is InChI=1S/C16H20ClN3/c1-3-6-20-16(14-9-18-11-19-10-14)8-13-5-4-12(2)7-15(13)17/h4-5,7,9-11,16,20H,3,6,8H2,1-2H3. The number of halogens is 1. The van der Waals surface area contributed by atoms with Gasteiger partial charge in [0, 0.05) is 29.0 Å². The normalized spacial score (nSPS) is 12.3. The van der Waals surface area contributed by atoms with Gasteiger partial charge in [0.15, 0.2) is 0 Å². The summed E-state index contributed by atoms with van der Waals surface area (Å²) in [7, 11) is 0. The molecule has 1 heterocycles. The molecule has 1 unspecified atom stereocenters. The van der Waals surface area contributed by atoms with Gasteiger partial charge in [-0.1, -0.05) is 30.7 Å². The molecule has 0 aliphatic heterocycles. The Balaban J connectivity index is 2.19. The van der Waals surface area contributed by atoms with Crippen molar-refractivity contribution < 1.29 is 0 Å². The summed E-state index contributed by atoms with van der Waals surface area (Å²) in [5, 5.41) is 4.36. The van der Waals surface area contributed by atoms with Crippen LogP contribution in [-0.4, -0.2) is 16.5 Å². The Kier molecular flexibility index (Phi) is 5.50. The van der Waals surface area contributed by atoms with E-state index in [-0.39, 0.29) is 6.04 Å². The van der Waals surface area contributed by atoms with E-state index in [0.29, 0.717) is 0 Å². The Labute approximate surface area is 125 Å². The van der Waals surface area contributed by atoms with Crippen molar-refractivity contribution in [2.45, 2.75) is 32.7 Å². The predicted molar refractivity (Wildman–Crippen MR) is 83.0 cm³/mol. The fourth-order valence-electron chi connectivity index (χ4n) is 2.15. The maximum absolute atomic E-state index is 6.34. The van der Waals surface area contributed by atoms with Crippen molar-refractivity contribution in [1.29, 1.82) is 0 Å². The Bertz CT molecular complexity index is 543. The molecule has 0 fully saturated rings. The van der Waals surface area contributed by atoms with Gasteiger partial charge >= 0.3 is 0 Å². The molecule has 20 heavy (non-hydrogen) atoms. The first-order valence-electron chi connectivity index (χ1n) is 6.94. The second-order valence-electron chi connectivity index (χ2n) is 4.98. The Hall–Kier alpha value is -1.45. The van der Waals surface area contributed by atoms with Gasteiger partial charge in [0.1, 0.15) is 6.33 Å². The van der Waals surface area contributed by atoms with Gasteiger partial charge in [-0.2, -0.15) is 0 Å². The first-order chi connectivity index (χ1) is 9.70. The smallest absolute Gasteiger partial charge is 0.115 e. The molecule has 1 N–H and O–H groups in total. The Morgan fingerprint density at radius 1 is 1.25 bits per heavy atom. The van der Waals surface area contributed by atoms with E-state index in [2.05, 4.69) is 34.3 Å². The summed E-state index contributed by atoms with van der Waals surface area (Å²) in [5.41, 5.74) is 3.42. The van der Waals surface area contributed by atoms with E-state index in [1.807, 2.05) is 25.4 Å². The van der Waals surface area contributed by atoms with E-state index in [0.717, 1.165) is 35.5 Å². The van der Waals surface area contributed by atoms with E-state index in [4.69, 9.17) is 11.6 Å². The molecule has 2 aromatic rings. The van der Waals surface area contributed by atoms with Crippen molar-refractivity contribution in [1.82, 2.24) is 15.3 Å². The highest BCUT2D eigenvalue weighted by atomic mass is 35.5. The van der Waals surface area contributed by atoms with Crippen molar-refractivity contribution in [2.75, 3.05) is 6.54 Å². The molecule has 0 saturated heterocycles. The van der Waals surface area contributed by atoms with Gasteiger partial charge in [-0.15, -0.1) is 0 Å². The highest BCUT2D eigenvalue weighted by Crippen LogP contribution is 2.24. The molecule has 1 aromatic carbocycles. The number of aromatic nitrogens is 2. The van der Waals surface area contributed by atoms with Gasteiger partial charge in [0.25, 0.3) is 0 Å². The number of nitrogens with zero attached hydrogens (tertiary/aromatic N) is 2. The van der Waals surface area contributed by atoms with Gasteiger partial charge in [-0.3, -0.25) is 0 Å². The van der Waals surface area contributed by atoms with E-state index in [1.165, 1.54) is 5.56 Å². The quantitative estimate of drug-likeness (QED) is 0.881. The van der Waals surface area contributed by atoms with Crippen LogP contribution in [0.25, 0.3) is 0 Å². The number of nitrogens with one attached hydrogen (secondary N) is 1. The zero-order valence-corrected chi connectivity index (χ0v) is 12.7. The van der Waals surface area contributed by atoms with E-state index < -0.39 is 0 Å². The summed E-state index contributed by atoms with van der Waals surface area (Å²) in [6.07, 6.45) is 7.21. The van der Waals surface area contributed by atoms with Gasteiger partial charge in [-0.25, -0.2) is 9.97 Å². The van der Waals surface area contributed by atoms with Crippen molar-refractivity contribution in [2.24, 2.45) is 0 Å². The third-order valence-corrected chi connectivity index (χ3v) is 3.61. The lowest BCUT2D eigenvalue weighted by molar-refractivity contribution is 0.526. The predicted octanol–water partition coefficient (Wildman–Crippen LogP) is 3.72. The number of rotatable bonds is 6. The molecular weight excluding hydrogens is 270 g/mol. The Morgan fingerprint density at radius 3 is 2.65 bits per heavy atom. The molecule has 1 atom stereocenters. The van der Waals surface area contributed by atoms with Gasteiger partial charge in [0.2, 0.25) is 0 Å².